The van der Waals surface area contributed by atoms with Gasteiger partial charge in [0, 0.05) is 24.7 Å². The van der Waals surface area contributed by atoms with Crippen molar-refractivity contribution < 1.29 is 17.9 Å². The van der Waals surface area contributed by atoms with Crippen LogP contribution < -0.4 is 0 Å². The van der Waals surface area contributed by atoms with Crippen molar-refractivity contribution >= 4 is 38.0 Å². The van der Waals surface area contributed by atoms with Crippen LogP contribution >= 0.6 is 0 Å². The third kappa shape index (κ3) is 4.10. The van der Waals surface area contributed by atoms with Crippen LogP contribution in [0.1, 0.15) is 25.3 Å². The molecule has 2 aromatic carbocycles. The van der Waals surface area contributed by atoms with Gasteiger partial charge >= 0.3 is 6.09 Å². The molecular formula is C28H27N5O4S. The highest BCUT2D eigenvalue weighted by Gasteiger charge is 2.41. The highest BCUT2D eigenvalue weighted by molar-refractivity contribution is 7.91. The smallest absolute Gasteiger partial charge is 0.410 e. The van der Waals surface area contributed by atoms with Gasteiger partial charge in [-0.15, -0.1) is 0 Å². The number of ether oxygens (including phenoxy) is 1. The maximum atomic E-state index is 13.9. The number of aromatic nitrogens is 4. The molecule has 0 saturated carbocycles. The SMILES string of the molecule is CC1(n2c(S(=O)(=O)c3ccccc3)nc3cnc4[nH]ccc4c32)CCCN(C(=O)OCc2ccccc2)C1. The molecule has 0 bridgehead atoms. The first-order chi connectivity index (χ1) is 18.4. The number of pyridine rings is 1. The van der Waals surface area contributed by atoms with Crippen LogP contribution in [0, 0.1) is 0 Å². The number of piperidine rings is 1. The Bertz CT molecular complexity index is 1730. The van der Waals surface area contributed by atoms with Gasteiger partial charge < -0.3 is 19.2 Å². The van der Waals surface area contributed by atoms with Crippen LogP contribution in [-0.4, -0.2) is 52.0 Å². The summed E-state index contributed by atoms with van der Waals surface area (Å²) in [5.41, 5.74) is 1.94. The minimum absolute atomic E-state index is 0.0591. The number of carbonyl (C=O) groups is 1. The molecule has 1 atom stereocenters. The molecule has 4 heterocycles. The van der Waals surface area contributed by atoms with Gasteiger partial charge in [-0.3, -0.25) is 0 Å². The van der Waals surface area contributed by atoms with E-state index in [-0.39, 0.29) is 23.2 Å². The number of aromatic amines is 1. The fraction of sp³-hybridized carbons (Fsp3) is 0.250. The van der Waals surface area contributed by atoms with Crippen LogP contribution in [0.2, 0.25) is 0 Å². The first-order valence-corrected chi connectivity index (χ1v) is 14.0. The number of imidazole rings is 1. The number of likely N-dealkylation sites (tertiary alicyclic amines) is 1. The second-order valence-electron chi connectivity index (χ2n) is 9.84. The number of fused-ring (bicyclic) bond motifs is 3. The predicted octanol–water partition coefficient (Wildman–Crippen LogP) is 4.89. The summed E-state index contributed by atoms with van der Waals surface area (Å²) in [7, 11) is -3.98. The van der Waals surface area contributed by atoms with Crippen LogP contribution in [-0.2, 0) is 26.7 Å². The van der Waals surface area contributed by atoms with E-state index >= 15 is 0 Å². The Morgan fingerprint density at radius 3 is 2.58 bits per heavy atom. The second kappa shape index (κ2) is 9.29. The number of carbonyl (C=O) groups excluding carboxylic acids is 1. The van der Waals surface area contributed by atoms with Crippen molar-refractivity contribution in [3.63, 3.8) is 0 Å². The van der Waals surface area contributed by atoms with Crippen molar-refractivity contribution in [3.05, 3.63) is 84.7 Å². The van der Waals surface area contributed by atoms with Crippen LogP contribution in [0.4, 0.5) is 4.79 Å². The van der Waals surface area contributed by atoms with Gasteiger partial charge in [-0.05, 0) is 43.5 Å². The van der Waals surface area contributed by atoms with Crippen LogP contribution in [0.15, 0.2) is 89.2 Å². The molecule has 9 nitrogen and oxygen atoms in total. The highest BCUT2D eigenvalue weighted by Crippen LogP contribution is 2.38. The minimum atomic E-state index is -3.98. The molecule has 0 aliphatic carbocycles. The number of benzene rings is 2. The van der Waals surface area contributed by atoms with Crippen molar-refractivity contribution in [2.24, 2.45) is 0 Å². The molecule has 1 aliphatic rings. The lowest BCUT2D eigenvalue weighted by molar-refractivity contribution is 0.0590. The highest BCUT2D eigenvalue weighted by atomic mass is 32.2. The topological polar surface area (TPSA) is 110 Å². The molecule has 194 valence electrons. The zero-order valence-corrected chi connectivity index (χ0v) is 21.7. The number of amides is 1. The lowest BCUT2D eigenvalue weighted by Crippen LogP contribution is -2.50. The van der Waals surface area contributed by atoms with Gasteiger partial charge in [0.15, 0.2) is 0 Å². The van der Waals surface area contributed by atoms with Crippen molar-refractivity contribution in [1.82, 2.24) is 24.4 Å². The lowest BCUT2D eigenvalue weighted by atomic mass is 9.90. The molecule has 6 rings (SSSR count). The maximum absolute atomic E-state index is 13.9. The second-order valence-corrected chi connectivity index (χ2v) is 11.7. The Morgan fingerprint density at radius 2 is 1.82 bits per heavy atom. The quantitative estimate of drug-likeness (QED) is 0.347. The van der Waals surface area contributed by atoms with Crippen LogP contribution in [0.25, 0.3) is 22.1 Å². The number of sulfone groups is 1. The number of rotatable bonds is 5. The number of hydrogen-bond acceptors (Lipinski definition) is 6. The van der Waals surface area contributed by atoms with E-state index in [1.807, 2.05) is 43.3 Å². The Labute approximate surface area is 220 Å². The third-order valence-electron chi connectivity index (χ3n) is 7.14. The number of nitrogens with one attached hydrogen (secondary N) is 1. The molecule has 10 heteroatoms. The van der Waals surface area contributed by atoms with Gasteiger partial charge in [0.1, 0.15) is 17.8 Å². The minimum Gasteiger partial charge on any atom is -0.445 e. The van der Waals surface area contributed by atoms with E-state index in [0.29, 0.717) is 36.1 Å². The summed E-state index contributed by atoms with van der Waals surface area (Å²) in [4.78, 5) is 27.1. The van der Waals surface area contributed by atoms with Gasteiger partial charge in [-0.1, -0.05) is 48.5 Å². The average Bonchev–Trinajstić information content (AvgIpc) is 3.58. The molecule has 1 amide bonds. The van der Waals surface area contributed by atoms with Crippen molar-refractivity contribution in [2.45, 2.75) is 42.0 Å². The summed E-state index contributed by atoms with van der Waals surface area (Å²) >= 11 is 0. The van der Waals surface area contributed by atoms with Gasteiger partial charge in [-0.25, -0.2) is 23.2 Å². The normalized spacial score (nSPS) is 18.2. The third-order valence-corrected chi connectivity index (χ3v) is 8.79. The van der Waals surface area contributed by atoms with E-state index in [1.165, 1.54) is 0 Å². The Morgan fingerprint density at radius 1 is 1.08 bits per heavy atom. The van der Waals surface area contributed by atoms with Crippen molar-refractivity contribution in [1.29, 1.82) is 0 Å². The van der Waals surface area contributed by atoms with Gasteiger partial charge in [0.25, 0.3) is 0 Å². The largest absolute Gasteiger partial charge is 0.445 e. The predicted molar refractivity (Wildman–Crippen MR) is 142 cm³/mol. The monoisotopic (exact) mass is 529 g/mol. The van der Waals surface area contributed by atoms with Crippen LogP contribution in [0.3, 0.4) is 0 Å². The number of H-pyrrole nitrogens is 1. The molecule has 0 radical (unpaired) electrons. The standard InChI is InChI=1S/C28H27N5O4S/c1-28(14-8-16-32(19-28)27(34)37-18-20-9-4-2-5-10-20)33-24-22-13-15-29-25(22)30-17-23(24)31-26(33)38(35,36)21-11-6-3-7-12-21/h2-7,9-13,15,17H,8,14,16,18-19H2,1H3,(H,29,30). The van der Waals surface area contributed by atoms with Crippen molar-refractivity contribution in [2.75, 3.05) is 13.1 Å². The molecule has 0 spiro atoms. The first-order valence-electron chi connectivity index (χ1n) is 12.5. The molecule has 3 aromatic heterocycles. The van der Waals surface area contributed by atoms with Gasteiger partial charge in [-0.2, -0.15) is 0 Å². The first kappa shape index (κ1) is 24.2. The summed E-state index contributed by atoms with van der Waals surface area (Å²) < 4.78 is 35.3. The van der Waals surface area contributed by atoms with E-state index in [0.717, 1.165) is 10.9 Å². The van der Waals surface area contributed by atoms with E-state index in [1.54, 1.807) is 52.2 Å². The summed E-state index contributed by atoms with van der Waals surface area (Å²) in [5.74, 6) is 0. The number of hydrogen-bond donors (Lipinski definition) is 1. The summed E-state index contributed by atoms with van der Waals surface area (Å²) in [6.45, 7) is 2.95. The summed E-state index contributed by atoms with van der Waals surface area (Å²) in [6, 6.07) is 19.7. The Balaban J connectivity index is 1.44. The lowest BCUT2D eigenvalue weighted by Gasteiger charge is -2.41. The zero-order valence-electron chi connectivity index (χ0n) is 20.9. The fourth-order valence-corrected chi connectivity index (χ4v) is 6.80. The molecule has 1 N–H and O–H groups in total. The Hall–Kier alpha value is -4.18. The Kier molecular flexibility index (Phi) is 5.91. The summed E-state index contributed by atoms with van der Waals surface area (Å²) in [5, 5.41) is 0.714. The van der Waals surface area contributed by atoms with E-state index in [9.17, 15) is 13.2 Å². The summed E-state index contributed by atoms with van der Waals surface area (Å²) in [6.07, 6.45) is 4.28. The molecule has 5 aromatic rings. The van der Waals surface area contributed by atoms with E-state index < -0.39 is 21.5 Å². The molecule has 1 fully saturated rings. The van der Waals surface area contributed by atoms with Crippen LogP contribution in [0.5, 0.6) is 0 Å². The fourth-order valence-electron chi connectivity index (χ4n) is 5.30. The molecule has 1 saturated heterocycles. The maximum Gasteiger partial charge on any atom is 0.410 e. The van der Waals surface area contributed by atoms with E-state index in [2.05, 4.69) is 15.0 Å². The zero-order chi connectivity index (χ0) is 26.3. The number of nitrogens with zero attached hydrogens (tertiary/aromatic N) is 4. The molecule has 38 heavy (non-hydrogen) atoms. The van der Waals surface area contributed by atoms with Gasteiger partial charge in [0.05, 0.1) is 22.1 Å². The van der Waals surface area contributed by atoms with Crippen molar-refractivity contribution in [3.8, 4) is 0 Å². The molecule has 1 unspecified atom stereocenters. The van der Waals surface area contributed by atoms with E-state index in [4.69, 9.17) is 4.74 Å². The molecule has 1 aliphatic heterocycles. The average molecular weight is 530 g/mol. The van der Waals surface area contributed by atoms with Gasteiger partial charge in [0.2, 0.25) is 15.0 Å². The molecular weight excluding hydrogens is 502 g/mol.